The van der Waals surface area contributed by atoms with E-state index in [9.17, 15) is 14.7 Å². The Morgan fingerprint density at radius 3 is 2.63 bits per heavy atom. The van der Waals surface area contributed by atoms with Gasteiger partial charge in [0.15, 0.2) is 0 Å². The van der Waals surface area contributed by atoms with Crippen molar-refractivity contribution in [3.05, 3.63) is 41.0 Å². The van der Waals surface area contributed by atoms with Crippen LogP contribution < -0.4 is 11.2 Å². The van der Waals surface area contributed by atoms with Gasteiger partial charge in [-0.2, -0.15) is 5.10 Å². The minimum absolute atomic E-state index is 0.172. The minimum atomic E-state index is -0.734. The summed E-state index contributed by atoms with van der Waals surface area (Å²) < 4.78 is 0. The summed E-state index contributed by atoms with van der Waals surface area (Å²) in [5.74, 6) is 4.86. The number of rotatable bonds is 8. The standard InChI is InChI=1S/C25H34N6O3S/c1-16-21(35-15-29-16)18-9-7-17(8-10-18)12-28-23(33)20-6-5-11-31(20)24(34)22(25(2,3)4)27-13-19(14-32)30-26/h7-10,13,15,20,22,32H,5-6,11-12,14,26H2,1-4H3,(H,28,33)/b27-13?,30-19+. The van der Waals surface area contributed by atoms with Crippen molar-refractivity contribution in [3.63, 3.8) is 0 Å². The average Bonchev–Trinajstić information content (AvgIpc) is 3.49. The van der Waals surface area contributed by atoms with Crippen molar-refractivity contribution in [2.24, 2.45) is 21.4 Å². The Balaban J connectivity index is 1.66. The van der Waals surface area contributed by atoms with E-state index in [1.807, 2.05) is 57.5 Å². The molecule has 2 aromatic rings. The van der Waals surface area contributed by atoms with Gasteiger partial charge in [0.2, 0.25) is 11.8 Å². The molecule has 1 aromatic heterocycles. The average molecular weight is 499 g/mol. The van der Waals surface area contributed by atoms with Crippen molar-refractivity contribution < 1.29 is 14.7 Å². The molecule has 0 saturated carbocycles. The molecule has 1 saturated heterocycles. The second kappa shape index (κ2) is 11.5. The summed E-state index contributed by atoms with van der Waals surface area (Å²) in [6, 6.07) is 6.78. The van der Waals surface area contributed by atoms with Crippen LogP contribution in [0.5, 0.6) is 0 Å². The number of hydrazone groups is 1. The molecule has 1 aliphatic heterocycles. The third-order valence-corrected chi connectivity index (χ3v) is 7.00. The van der Waals surface area contributed by atoms with Crippen LogP contribution in [0.2, 0.25) is 0 Å². The van der Waals surface area contributed by atoms with E-state index < -0.39 is 17.5 Å². The van der Waals surface area contributed by atoms with E-state index in [1.165, 1.54) is 6.21 Å². The van der Waals surface area contributed by atoms with E-state index in [1.54, 1.807) is 16.2 Å². The van der Waals surface area contributed by atoms with E-state index in [4.69, 9.17) is 5.84 Å². The summed E-state index contributed by atoms with van der Waals surface area (Å²) in [6.45, 7) is 8.23. The molecule has 1 aromatic carbocycles. The van der Waals surface area contributed by atoms with Crippen molar-refractivity contribution in [3.8, 4) is 10.4 Å². The first-order valence-corrected chi connectivity index (χ1v) is 12.5. The lowest BCUT2D eigenvalue weighted by Crippen LogP contribution is -2.51. The van der Waals surface area contributed by atoms with Crippen LogP contribution in [0.1, 0.15) is 44.9 Å². The van der Waals surface area contributed by atoms with Gasteiger partial charge in [0.05, 0.1) is 22.7 Å². The largest absolute Gasteiger partial charge is 0.390 e. The Morgan fingerprint density at radius 1 is 1.34 bits per heavy atom. The maximum atomic E-state index is 13.4. The number of carbonyl (C=O) groups excluding carboxylic acids is 2. The monoisotopic (exact) mass is 498 g/mol. The van der Waals surface area contributed by atoms with Gasteiger partial charge in [0, 0.05) is 19.3 Å². The number of thiazole rings is 1. The first-order chi connectivity index (χ1) is 16.7. The SMILES string of the molecule is Cc1ncsc1-c1ccc(CNC(=O)C2CCCN2C(=O)C(N=C/C(CO)=N\N)C(C)(C)C)cc1. The summed E-state index contributed by atoms with van der Waals surface area (Å²) >= 11 is 1.60. The van der Waals surface area contributed by atoms with Gasteiger partial charge >= 0.3 is 0 Å². The number of nitrogens with one attached hydrogen (secondary N) is 1. The van der Waals surface area contributed by atoms with E-state index in [0.29, 0.717) is 19.5 Å². The summed E-state index contributed by atoms with van der Waals surface area (Å²) in [4.78, 5) is 37.9. The number of hydrogen-bond donors (Lipinski definition) is 3. The number of amides is 2. The number of hydrogen-bond acceptors (Lipinski definition) is 8. The molecular weight excluding hydrogens is 464 g/mol. The zero-order chi connectivity index (χ0) is 25.6. The highest BCUT2D eigenvalue weighted by atomic mass is 32.1. The van der Waals surface area contributed by atoms with Crippen LogP contribution in [-0.4, -0.2) is 64.0 Å². The molecule has 10 heteroatoms. The van der Waals surface area contributed by atoms with Gasteiger partial charge in [-0.05, 0) is 36.3 Å². The normalized spacial score (nSPS) is 17.7. The number of aliphatic hydroxyl groups is 1. The molecule has 2 unspecified atom stereocenters. The summed E-state index contributed by atoms with van der Waals surface area (Å²) in [7, 11) is 0. The smallest absolute Gasteiger partial charge is 0.248 e. The quantitative estimate of drug-likeness (QED) is 0.292. The summed E-state index contributed by atoms with van der Waals surface area (Å²) in [6.07, 6.45) is 2.68. The Kier molecular flexibility index (Phi) is 8.74. The molecule has 9 nitrogen and oxygen atoms in total. The molecule has 0 radical (unpaired) electrons. The van der Waals surface area contributed by atoms with Gasteiger partial charge in [0.1, 0.15) is 17.8 Å². The fourth-order valence-electron chi connectivity index (χ4n) is 4.05. The molecule has 35 heavy (non-hydrogen) atoms. The van der Waals surface area contributed by atoms with E-state index in [-0.39, 0.29) is 24.1 Å². The first kappa shape index (κ1) is 26.5. The highest BCUT2D eigenvalue weighted by Crippen LogP contribution is 2.29. The van der Waals surface area contributed by atoms with Crippen LogP contribution in [0.15, 0.2) is 39.9 Å². The van der Waals surface area contributed by atoms with Gasteiger partial charge in [-0.1, -0.05) is 45.0 Å². The number of nitrogens with two attached hydrogens (primary N) is 1. The fourth-order valence-corrected chi connectivity index (χ4v) is 4.87. The Labute approximate surface area is 210 Å². The maximum absolute atomic E-state index is 13.4. The van der Waals surface area contributed by atoms with Crippen LogP contribution in [-0.2, 0) is 16.1 Å². The topological polar surface area (TPSA) is 133 Å². The second-order valence-corrected chi connectivity index (χ2v) is 10.6. The zero-order valence-electron chi connectivity index (χ0n) is 20.7. The lowest BCUT2D eigenvalue weighted by molar-refractivity contribution is -0.141. The molecule has 2 amide bonds. The van der Waals surface area contributed by atoms with Gasteiger partial charge in [-0.3, -0.25) is 14.6 Å². The van der Waals surface area contributed by atoms with E-state index in [0.717, 1.165) is 28.1 Å². The van der Waals surface area contributed by atoms with Gasteiger partial charge in [-0.15, -0.1) is 11.3 Å². The molecule has 1 aliphatic rings. The Hall–Kier alpha value is -3.11. The minimum Gasteiger partial charge on any atom is -0.390 e. The lowest BCUT2D eigenvalue weighted by atomic mass is 9.86. The van der Waals surface area contributed by atoms with Gasteiger partial charge in [-0.25, -0.2) is 4.98 Å². The number of aliphatic hydroxyl groups excluding tert-OH is 1. The van der Waals surface area contributed by atoms with Crippen LogP contribution in [0.4, 0.5) is 0 Å². The molecule has 1 fully saturated rings. The van der Waals surface area contributed by atoms with Crippen LogP contribution in [0.3, 0.4) is 0 Å². The Morgan fingerprint density at radius 2 is 2.06 bits per heavy atom. The van der Waals surface area contributed by atoms with Crippen LogP contribution >= 0.6 is 11.3 Å². The zero-order valence-corrected chi connectivity index (χ0v) is 21.5. The number of carbonyl (C=O) groups is 2. The Bertz CT molecular complexity index is 1090. The van der Waals surface area contributed by atoms with Gasteiger partial charge in [0.25, 0.3) is 0 Å². The summed E-state index contributed by atoms with van der Waals surface area (Å²) in [5.41, 5.74) is 4.60. The number of nitrogens with zero attached hydrogens (tertiary/aromatic N) is 4. The van der Waals surface area contributed by atoms with Crippen molar-refractivity contribution in [2.45, 2.75) is 59.2 Å². The lowest BCUT2D eigenvalue weighted by Gasteiger charge is -2.32. The van der Waals surface area contributed by atoms with Crippen LogP contribution in [0, 0.1) is 12.3 Å². The second-order valence-electron chi connectivity index (χ2n) is 9.70. The highest BCUT2D eigenvalue weighted by Gasteiger charge is 2.40. The van der Waals surface area contributed by atoms with E-state index in [2.05, 4.69) is 20.4 Å². The van der Waals surface area contributed by atoms with E-state index >= 15 is 0 Å². The maximum Gasteiger partial charge on any atom is 0.248 e. The predicted molar refractivity (Wildman–Crippen MR) is 139 cm³/mol. The highest BCUT2D eigenvalue weighted by molar-refractivity contribution is 7.13. The molecule has 2 heterocycles. The number of likely N-dealkylation sites (tertiary alicyclic amines) is 1. The molecule has 0 bridgehead atoms. The molecule has 2 atom stereocenters. The van der Waals surface area contributed by atoms with Crippen molar-refractivity contribution in [1.82, 2.24) is 15.2 Å². The predicted octanol–water partition coefficient (Wildman–Crippen LogP) is 2.52. The number of benzene rings is 1. The third-order valence-electron chi connectivity index (χ3n) is 6.02. The molecule has 4 N–H and O–H groups in total. The number of aryl methyl sites for hydroxylation is 1. The molecule has 188 valence electrons. The summed E-state index contributed by atoms with van der Waals surface area (Å²) in [5, 5.41) is 15.7. The number of aliphatic imine (C=N–C) groups is 1. The first-order valence-electron chi connectivity index (χ1n) is 11.6. The molecule has 3 rings (SSSR count). The molecule has 0 spiro atoms. The van der Waals surface area contributed by atoms with Crippen molar-refractivity contribution in [1.29, 1.82) is 0 Å². The van der Waals surface area contributed by atoms with Gasteiger partial charge < -0.3 is 21.2 Å². The molecular formula is C25H34N6O3S. The van der Waals surface area contributed by atoms with Crippen molar-refractivity contribution >= 4 is 35.1 Å². The fraction of sp³-hybridized carbons (Fsp3) is 0.480. The third kappa shape index (κ3) is 6.52. The van der Waals surface area contributed by atoms with Crippen molar-refractivity contribution in [2.75, 3.05) is 13.2 Å². The number of aromatic nitrogens is 1. The van der Waals surface area contributed by atoms with Crippen LogP contribution in [0.25, 0.3) is 10.4 Å². The molecule has 0 aliphatic carbocycles.